The number of nitrogens with two attached hydrogens (primary N) is 2. The van der Waals surface area contributed by atoms with Gasteiger partial charge in [0.25, 0.3) is 5.91 Å². The summed E-state index contributed by atoms with van der Waals surface area (Å²) in [5.41, 5.74) is 9.55. The number of fused-ring (bicyclic) bond motifs is 3. The van der Waals surface area contributed by atoms with Crippen molar-refractivity contribution in [3.63, 3.8) is 0 Å². The van der Waals surface area contributed by atoms with Gasteiger partial charge in [-0.3, -0.25) is 14.4 Å². The molecule has 1 fully saturated rings. The van der Waals surface area contributed by atoms with Crippen molar-refractivity contribution in [1.82, 2.24) is 5.32 Å². The van der Waals surface area contributed by atoms with Crippen LogP contribution in [-0.4, -0.2) is 51.3 Å². The highest BCUT2D eigenvalue weighted by atomic mass is 35.5. The van der Waals surface area contributed by atoms with Gasteiger partial charge in [-0.1, -0.05) is 0 Å². The molecule has 3 aliphatic carbocycles. The molecule has 1 aromatic rings. The van der Waals surface area contributed by atoms with Crippen LogP contribution in [0, 0.1) is 23.6 Å². The summed E-state index contributed by atoms with van der Waals surface area (Å²) in [6, 6.07) is 0.00552. The molecule has 9 nitrogen and oxygen atoms in total. The number of primary amides is 1. The van der Waals surface area contributed by atoms with Crippen LogP contribution in [0.15, 0.2) is 23.0 Å². The second-order valence-electron chi connectivity index (χ2n) is 8.52. The second-order valence-corrected chi connectivity index (χ2v) is 8.90. The summed E-state index contributed by atoms with van der Waals surface area (Å²) in [7, 11) is 0. The number of aromatic hydroxyl groups is 1. The third kappa shape index (κ3) is 3.44. The first-order chi connectivity index (χ1) is 15.6. The fourth-order valence-electron chi connectivity index (χ4n) is 5.28. The Morgan fingerprint density at radius 2 is 1.94 bits per heavy atom. The fraction of sp³-hybridized carbons (Fsp3) is 0.409. The number of aliphatic hydroxyl groups excluding tert-OH is 2. The summed E-state index contributed by atoms with van der Waals surface area (Å²) in [6.07, 6.45) is 0.616. The molecule has 8 N–H and O–H groups in total. The van der Waals surface area contributed by atoms with E-state index in [0.717, 1.165) is 6.07 Å². The van der Waals surface area contributed by atoms with Gasteiger partial charge in [-0.25, -0.2) is 4.39 Å². The van der Waals surface area contributed by atoms with Crippen molar-refractivity contribution in [2.45, 2.75) is 25.3 Å². The van der Waals surface area contributed by atoms with E-state index in [9.17, 15) is 34.1 Å². The van der Waals surface area contributed by atoms with Crippen LogP contribution < -0.4 is 16.8 Å². The maximum absolute atomic E-state index is 14.6. The van der Waals surface area contributed by atoms with Gasteiger partial charge in [0.05, 0.1) is 23.2 Å². The van der Waals surface area contributed by atoms with Gasteiger partial charge >= 0.3 is 0 Å². The molecule has 1 aromatic carbocycles. The standard InChI is InChI=1S/C22H23ClFN3O6/c23-2-1-3-27-16-9-5-7-4-8-10(24)6-11(25)17(28)13(8)18(29)12(7)19(30)14(9)20(31)15(21(16)32)22(26)33/h6-7,9,14,16,27-29,32H,1-5,25H2,(H2,26,33)/t7-,9+,14+,16-/m0/s1. The predicted octanol–water partition coefficient (Wildman–Crippen LogP) is 1.23. The Bertz CT molecular complexity index is 1150. The van der Waals surface area contributed by atoms with Crippen LogP contribution in [0.25, 0.3) is 5.76 Å². The number of nitrogen functional groups attached to an aromatic ring is 1. The van der Waals surface area contributed by atoms with E-state index in [2.05, 4.69) is 5.32 Å². The van der Waals surface area contributed by atoms with Crippen molar-refractivity contribution in [2.24, 2.45) is 23.5 Å². The largest absolute Gasteiger partial charge is 0.510 e. The Balaban J connectivity index is 1.85. The third-order valence-electron chi connectivity index (χ3n) is 6.69. The van der Waals surface area contributed by atoms with Gasteiger partial charge in [0.2, 0.25) is 0 Å². The Morgan fingerprint density at radius 1 is 1.24 bits per heavy atom. The molecule has 1 saturated carbocycles. The first kappa shape index (κ1) is 23.1. The van der Waals surface area contributed by atoms with Crippen molar-refractivity contribution < 1.29 is 34.1 Å². The fourth-order valence-corrected chi connectivity index (χ4v) is 5.41. The molecule has 0 bridgehead atoms. The number of hydrogen-bond donors (Lipinski definition) is 6. The van der Waals surface area contributed by atoms with E-state index >= 15 is 0 Å². The van der Waals surface area contributed by atoms with Gasteiger partial charge in [0, 0.05) is 23.1 Å². The number of carbonyl (C=O) groups is 3. The molecule has 1 amide bonds. The molecule has 0 aliphatic heterocycles. The highest BCUT2D eigenvalue weighted by Crippen LogP contribution is 2.50. The van der Waals surface area contributed by atoms with E-state index in [-0.39, 0.29) is 35.2 Å². The van der Waals surface area contributed by atoms with Gasteiger partial charge in [0.15, 0.2) is 11.6 Å². The first-order valence-electron chi connectivity index (χ1n) is 10.4. The van der Waals surface area contributed by atoms with Crippen LogP contribution in [-0.2, 0) is 20.8 Å². The number of alkyl halides is 1. The molecule has 0 aromatic heterocycles. The molecule has 4 atom stereocenters. The van der Waals surface area contributed by atoms with E-state index in [1.54, 1.807) is 0 Å². The Kier molecular flexibility index (Phi) is 5.83. The summed E-state index contributed by atoms with van der Waals surface area (Å²) in [5.74, 6) is -7.87. The minimum absolute atomic E-state index is 0.00516. The van der Waals surface area contributed by atoms with Crippen molar-refractivity contribution in [2.75, 3.05) is 18.2 Å². The topological polar surface area (TPSA) is 176 Å². The number of rotatable bonds is 5. The number of nitrogens with one attached hydrogen (secondary N) is 1. The van der Waals surface area contributed by atoms with Crippen molar-refractivity contribution in [3.8, 4) is 5.75 Å². The molecule has 176 valence electrons. The molecule has 0 radical (unpaired) electrons. The summed E-state index contributed by atoms with van der Waals surface area (Å²) >= 11 is 5.72. The second kappa shape index (κ2) is 8.35. The number of phenolic OH excluding ortho intramolecular Hbond substituents is 1. The highest BCUT2D eigenvalue weighted by molar-refractivity contribution is 6.28. The molecule has 33 heavy (non-hydrogen) atoms. The van der Waals surface area contributed by atoms with E-state index in [1.807, 2.05) is 0 Å². The molecular formula is C22H23ClFN3O6. The molecule has 0 heterocycles. The third-order valence-corrected chi connectivity index (χ3v) is 6.96. The first-order valence-corrected chi connectivity index (χ1v) is 11.0. The number of benzene rings is 1. The smallest absolute Gasteiger partial charge is 0.255 e. The Morgan fingerprint density at radius 3 is 2.58 bits per heavy atom. The monoisotopic (exact) mass is 479 g/mol. The molecule has 0 unspecified atom stereocenters. The lowest BCUT2D eigenvalue weighted by Gasteiger charge is -2.44. The van der Waals surface area contributed by atoms with Gasteiger partial charge < -0.3 is 32.1 Å². The number of halogens is 2. The summed E-state index contributed by atoms with van der Waals surface area (Å²) < 4.78 is 14.6. The van der Waals surface area contributed by atoms with E-state index in [0.29, 0.717) is 18.8 Å². The molecule has 4 rings (SSSR count). The normalized spacial score (nSPS) is 26.7. The van der Waals surface area contributed by atoms with Gasteiger partial charge in [-0.15, -0.1) is 11.6 Å². The number of anilines is 1. The highest BCUT2D eigenvalue weighted by Gasteiger charge is 2.55. The van der Waals surface area contributed by atoms with Crippen LogP contribution in [0.3, 0.4) is 0 Å². The Labute approximate surface area is 192 Å². The molecule has 3 aliphatic rings. The van der Waals surface area contributed by atoms with Gasteiger partial charge in [0.1, 0.15) is 28.7 Å². The maximum Gasteiger partial charge on any atom is 0.255 e. The van der Waals surface area contributed by atoms with Crippen molar-refractivity contribution in [1.29, 1.82) is 0 Å². The zero-order chi connectivity index (χ0) is 24.2. The predicted molar refractivity (Wildman–Crippen MR) is 117 cm³/mol. The lowest BCUT2D eigenvalue weighted by atomic mass is 9.59. The minimum atomic E-state index is -1.39. The lowest BCUT2D eigenvalue weighted by molar-refractivity contribution is -0.135. The minimum Gasteiger partial charge on any atom is -0.510 e. The summed E-state index contributed by atoms with van der Waals surface area (Å²) in [5, 5.41) is 34.9. The molecular weight excluding hydrogens is 457 g/mol. The average Bonchev–Trinajstić information content (AvgIpc) is 2.73. The number of hydrogen-bond acceptors (Lipinski definition) is 8. The van der Waals surface area contributed by atoms with Gasteiger partial charge in [-0.05, 0) is 37.6 Å². The number of amides is 1. The maximum atomic E-state index is 14.6. The average molecular weight is 480 g/mol. The summed E-state index contributed by atoms with van der Waals surface area (Å²) in [6.45, 7) is 0.332. The summed E-state index contributed by atoms with van der Waals surface area (Å²) in [4.78, 5) is 38.5. The van der Waals surface area contributed by atoms with Crippen LogP contribution >= 0.6 is 11.6 Å². The van der Waals surface area contributed by atoms with Crippen molar-refractivity contribution in [3.05, 3.63) is 39.9 Å². The number of aliphatic hydroxyl groups is 2. The quantitative estimate of drug-likeness (QED) is 0.0911. The molecule has 0 saturated heterocycles. The Hall–Kier alpha value is -3.11. The van der Waals surface area contributed by atoms with Crippen LogP contribution in [0.4, 0.5) is 10.1 Å². The number of phenols is 1. The zero-order valence-electron chi connectivity index (χ0n) is 17.4. The van der Waals surface area contributed by atoms with Crippen LogP contribution in [0.2, 0.25) is 0 Å². The number of ketones is 2. The van der Waals surface area contributed by atoms with Crippen LogP contribution in [0.5, 0.6) is 5.75 Å². The molecule has 0 spiro atoms. The molecule has 11 heteroatoms. The number of Topliss-reactive ketones (excluding diaryl/α,β-unsaturated/α-hetero) is 2. The number of allylic oxidation sites excluding steroid dienone is 1. The van der Waals surface area contributed by atoms with Gasteiger partial charge in [-0.2, -0.15) is 0 Å². The van der Waals surface area contributed by atoms with E-state index in [4.69, 9.17) is 23.1 Å². The zero-order valence-corrected chi connectivity index (χ0v) is 18.2. The number of carbonyl (C=O) groups excluding carboxylic acids is 3. The SMILES string of the molecule is NC(=O)C1=C(O)[C@@H](NCCCCl)[C@@H]2C[C@@H]3Cc4c(F)cc(N)c(O)c4C(O)=C3C(=O)[C@@H]2C1=O. The van der Waals surface area contributed by atoms with Crippen LogP contribution in [0.1, 0.15) is 24.0 Å². The van der Waals surface area contributed by atoms with Crippen molar-refractivity contribution >= 4 is 40.5 Å². The van der Waals surface area contributed by atoms with E-state index < -0.39 is 69.9 Å². The van der Waals surface area contributed by atoms with E-state index in [1.165, 1.54) is 0 Å². The lowest BCUT2D eigenvalue weighted by Crippen LogP contribution is -2.56.